The molecule has 0 fully saturated rings. The van der Waals surface area contributed by atoms with Gasteiger partial charge in [0, 0.05) is 4.90 Å². The summed E-state index contributed by atoms with van der Waals surface area (Å²) in [6.45, 7) is 6.16. The standard InChI is InChI=1S/C19H23NO2S/c1-13-5-6-14(2)18(11-13)15(3)20-19(21)12-23-17-9-7-16(22-4)8-10-17/h5-11,15H,12H2,1-4H3,(H,20,21)/t15-/m1/s1. The molecule has 0 saturated carbocycles. The van der Waals surface area contributed by atoms with E-state index in [4.69, 9.17) is 4.74 Å². The minimum absolute atomic E-state index is 0.0128. The zero-order valence-corrected chi connectivity index (χ0v) is 14.9. The predicted octanol–water partition coefficient (Wildman–Crippen LogP) is 4.28. The van der Waals surface area contributed by atoms with Gasteiger partial charge in [0.05, 0.1) is 18.9 Å². The van der Waals surface area contributed by atoms with Gasteiger partial charge in [-0.15, -0.1) is 11.8 Å². The molecule has 3 nitrogen and oxygen atoms in total. The normalized spacial score (nSPS) is 11.8. The highest BCUT2D eigenvalue weighted by molar-refractivity contribution is 8.00. The molecule has 2 aromatic carbocycles. The number of nitrogens with one attached hydrogen (secondary N) is 1. The lowest BCUT2D eigenvalue weighted by Gasteiger charge is -2.17. The average Bonchev–Trinajstić information content (AvgIpc) is 2.55. The number of thioether (sulfide) groups is 1. The molecule has 0 aromatic heterocycles. The summed E-state index contributed by atoms with van der Waals surface area (Å²) < 4.78 is 5.13. The van der Waals surface area contributed by atoms with E-state index in [0.29, 0.717) is 5.75 Å². The summed E-state index contributed by atoms with van der Waals surface area (Å²) in [6, 6.07) is 14.1. The van der Waals surface area contributed by atoms with E-state index in [1.165, 1.54) is 28.5 Å². The number of rotatable bonds is 6. The second-order valence-electron chi connectivity index (χ2n) is 5.61. The Hall–Kier alpha value is -1.94. The zero-order valence-electron chi connectivity index (χ0n) is 14.1. The zero-order chi connectivity index (χ0) is 16.8. The summed E-state index contributed by atoms with van der Waals surface area (Å²) in [6.07, 6.45) is 0. The van der Waals surface area contributed by atoms with E-state index in [1.54, 1.807) is 7.11 Å². The van der Waals surface area contributed by atoms with Crippen LogP contribution in [-0.2, 0) is 4.79 Å². The number of benzene rings is 2. The van der Waals surface area contributed by atoms with Gasteiger partial charge in [0.15, 0.2) is 0 Å². The Labute approximate surface area is 142 Å². The molecule has 1 N–H and O–H groups in total. The van der Waals surface area contributed by atoms with Crippen molar-refractivity contribution >= 4 is 17.7 Å². The molecule has 0 unspecified atom stereocenters. The van der Waals surface area contributed by atoms with E-state index in [9.17, 15) is 4.79 Å². The van der Waals surface area contributed by atoms with Crippen LogP contribution in [0, 0.1) is 13.8 Å². The molecular weight excluding hydrogens is 306 g/mol. The fourth-order valence-electron chi connectivity index (χ4n) is 2.41. The number of amides is 1. The van der Waals surface area contributed by atoms with Crippen molar-refractivity contribution in [1.29, 1.82) is 0 Å². The fourth-order valence-corrected chi connectivity index (χ4v) is 3.12. The van der Waals surface area contributed by atoms with Gasteiger partial charge in [-0.1, -0.05) is 23.8 Å². The molecule has 0 aliphatic heterocycles. The lowest BCUT2D eigenvalue weighted by molar-refractivity contribution is -0.119. The molecule has 0 saturated heterocycles. The van der Waals surface area contributed by atoms with Gasteiger partial charge in [0.1, 0.15) is 5.75 Å². The quantitative estimate of drug-likeness (QED) is 0.804. The topological polar surface area (TPSA) is 38.3 Å². The van der Waals surface area contributed by atoms with Crippen LogP contribution in [0.25, 0.3) is 0 Å². The molecule has 0 spiro atoms. The van der Waals surface area contributed by atoms with Crippen LogP contribution in [0.4, 0.5) is 0 Å². The maximum absolute atomic E-state index is 12.2. The third kappa shape index (κ3) is 5.03. The molecule has 122 valence electrons. The molecule has 2 rings (SSSR count). The van der Waals surface area contributed by atoms with Gasteiger partial charge in [0.2, 0.25) is 5.91 Å². The summed E-state index contributed by atoms with van der Waals surface area (Å²) in [5.74, 6) is 1.27. The van der Waals surface area contributed by atoms with Gasteiger partial charge in [-0.05, 0) is 56.2 Å². The van der Waals surface area contributed by atoms with Gasteiger partial charge in [-0.3, -0.25) is 4.79 Å². The number of hydrogen-bond donors (Lipinski definition) is 1. The molecule has 0 bridgehead atoms. The average molecular weight is 329 g/mol. The molecule has 4 heteroatoms. The summed E-state index contributed by atoms with van der Waals surface area (Å²) >= 11 is 1.52. The van der Waals surface area contributed by atoms with Crippen molar-refractivity contribution in [2.24, 2.45) is 0 Å². The summed E-state index contributed by atoms with van der Waals surface area (Å²) in [5.41, 5.74) is 3.58. The molecular formula is C19H23NO2S. The van der Waals surface area contributed by atoms with Crippen LogP contribution in [0.2, 0.25) is 0 Å². The second kappa shape index (κ2) is 8.06. The highest BCUT2D eigenvalue weighted by Crippen LogP contribution is 2.22. The minimum Gasteiger partial charge on any atom is -0.497 e. The first kappa shape index (κ1) is 17.4. The van der Waals surface area contributed by atoms with E-state index in [2.05, 4.69) is 37.4 Å². The van der Waals surface area contributed by atoms with E-state index < -0.39 is 0 Å². The van der Waals surface area contributed by atoms with Crippen LogP contribution >= 0.6 is 11.8 Å². The van der Waals surface area contributed by atoms with E-state index in [0.717, 1.165) is 10.6 Å². The molecule has 2 aromatic rings. The smallest absolute Gasteiger partial charge is 0.230 e. The monoisotopic (exact) mass is 329 g/mol. The summed E-state index contributed by atoms with van der Waals surface area (Å²) in [5, 5.41) is 3.07. The number of ether oxygens (including phenoxy) is 1. The Morgan fingerprint density at radius 2 is 1.87 bits per heavy atom. The largest absolute Gasteiger partial charge is 0.497 e. The first-order chi connectivity index (χ1) is 11.0. The van der Waals surface area contributed by atoms with Crippen LogP contribution in [-0.4, -0.2) is 18.8 Å². The first-order valence-electron chi connectivity index (χ1n) is 7.63. The van der Waals surface area contributed by atoms with E-state index in [1.807, 2.05) is 31.2 Å². The molecule has 1 amide bonds. The fraction of sp³-hybridized carbons (Fsp3) is 0.316. The van der Waals surface area contributed by atoms with E-state index in [-0.39, 0.29) is 11.9 Å². The Kier molecular flexibility index (Phi) is 6.11. The third-order valence-corrected chi connectivity index (χ3v) is 4.72. The predicted molar refractivity (Wildman–Crippen MR) is 96.2 cm³/mol. The molecule has 0 aliphatic rings. The minimum atomic E-state index is 0.0128. The van der Waals surface area contributed by atoms with Crippen molar-refractivity contribution in [3.8, 4) is 5.75 Å². The number of carbonyl (C=O) groups excluding carboxylic acids is 1. The Morgan fingerprint density at radius 3 is 2.52 bits per heavy atom. The van der Waals surface area contributed by atoms with Crippen LogP contribution in [0.15, 0.2) is 47.4 Å². The molecule has 0 heterocycles. The Morgan fingerprint density at radius 1 is 1.17 bits per heavy atom. The first-order valence-corrected chi connectivity index (χ1v) is 8.61. The number of methoxy groups -OCH3 is 1. The second-order valence-corrected chi connectivity index (χ2v) is 6.66. The summed E-state index contributed by atoms with van der Waals surface area (Å²) in [4.78, 5) is 13.2. The van der Waals surface area contributed by atoms with Crippen molar-refractivity contribution in [3.05, 3.63) is 59.2 Å². The number of carbonyl (C=O) groups is 1. The van der Waals surface area contributed by atoms with Crippen LogP contribution in [0.3, 0.4) is 0 Å². The van der Waals surface area contributed by atoms with Crippen molar-refractivity contribution in [1.82, 2.24) is 5.32 Å². The van der Waals surface area contributed by atoms with Crippen molar-refractivity contribution in [2.45, 2.75) is 31.7 Å². The summed E-state index contributed by atoms with van der Waals surface area (Å²) in [7, 11) is 1.64. The van der Waals surface area contributed by atoms with Gasteiger partial charge in [-0.2, -0.15) is 0 Å². The van der Waals surface area contributed by atoms with Crippen LogP contribution in [0.5, 0.6) is 5.75 Å². The van der Waals surface area contributed by atoms with Crippen molar-refractivity contribution in [2.75, 3.05) is 12.9 Å². The third-order valence-electron chi connectivity index (χ3n) is 3.71. The number of hydrogen-bond acceptors (Lipinski definition) is 3. The van der Waals surface area contributed by atoms with E-state index >= 15 is 0 Å². The highest BCUT2D eigenvalue weighted by Gasteiger charge is 2.12. The lowest BCUT2D eigenvalue weighted by atomic mass is 10.00. The van der Waals surface area contributed by atoms with Crippen LogP contribution in [0.1, 0.15) is 29.7 Å². The van der Waals surface area contributed by atoms with Crippen LogP contribution < -0.4 is 10.1 Å². The molecule has 1 atom stereocenters. The van der Waals surface area contributed by atoms with Gasteiger partial charge in [0.25, 0.3) is 0 Å². The van der Waals surface area contributed by atoms with Gasteiger partial charge < -0.3 is 10.1 Å². The van der Waals surface area contributed by atoms with Crippen molar-refractivity contribution < 1.29 is 9.53 Å². The highest BCUT2D eigenvalue weighted by atomic mass is 32.2. The molecule has 0 radical (unpaired) electrons. The number of aryl methyl sites for hydroxylation is 2. The maximum atomic E-state index is 12.2. The lowest BCUT2D eigenvalue weighted by Crippen LogP contribution is -2.28. The Bertz CT molecular complexity index is 668. The molecule has 0 aliphatic carbocycles. The van der Waals surface area contributed by atoms with Crippen molar-refractivity contribution in [3.63, 3.8) is 0 Å². The van der Waals surface area contributed by atoms with Gasteiger partial charge in [-0.25, -0.2) is 0 Å². The Balaban J connectivity index is 1.89. The molecule has 23 heavy (non-hydrogen) atoms. The maximum Gasteiger partial charge on any atom is 0.230 e. The van der Waals surface area contributed by atoms with Gasteiger partial charge >= 0.3 is 0 Å². The SMILES string of the molecule is COc1ccc(SCC(=O)N[C@H](C)c2cc(C)ccc2C)cc1.